The normalized spacial score (nSPS) is 19.7. The number of ether oxygens (including phenoxy) is 1. The summed E-state index contributed by atoms with van der Waals surface area (Å²) >= 11 is 1.57. The van der Waals surface area contributed by atoms with E-state index < -0.39 is 0 Å². The van der Waals surface area contributed by atoms with Crippen molar-refractivity contribution in [3.8, 4) is 11.6 Å². The first-order valence-electron chi connectivity index (χ1n) is 6.33. The molecule has 7 heteroatoms. The maximum Gasteiger partial charge on any atom is 0.218 e. The Morgan fingerprint density at radius 3 is 3.11 bits per heavy atom. The van der Waals surface area contributed by atoms with Gasteiger partial charge < -0.3 is 15.0 Å². The van der Waals surface area contributed by atoms with Gasteiger partial charge in [-0.2, -0.15) is 0 Å². The second kappa shape index (κ2) is 5.66. The molecule has 1 saturated heterocycles. The average Bonchev–Trinajstić information content (AvgIpc) is 3.07. The molecule has 0 radical (unpaired) electrons. The van der Waals surface area contributed by atoms with Crippen LogP contribution in [0.5, 0.6) is 0 Å². The van der Waals surface area contributed by atoms with E-state index in [1.54, 1.807) is 24.1 Å². The van der Waals surface area contributed by atoms with E-state index in [0.29, 0.717) is 22.8 Å². The van der Waals surface area contributed by atoms with E-state index in [1.165, 1.54) is 11.1 Å². The predicted octanol–water partition coefficient (Wildman–Crippen LogP) is 1.91. The van der Waals surface area contributed by atoms with Crippen LogP contribution in [0.15, 0.2) is 28.0 Å². The standard InChI is InChI=1S/C12H16N4O2S/c13-16-11(10-5-3-7-18-10)14-15-12(16)19-8-9-4-1-2-6-17-9/h3,5,7,9H,1-2,4,6,8,13H2. The summed E-state index contributed by atoms with van der Waals surface area (Å²) in [4.78, 5) is 0. The second-order valence-electron chi connectivity index (χ2n) is 4.45. The Balaban J connectivity index is 1.65. The Morgan fingerprint density at radius 1 is 1.42 bits per heavy atom. The number of nitrogens with two attached hydrogens (primary N) is 1. The summed E-state index contributed by atoms with van der Waals surface area (Å²) in [5.41, 5.74) is 0. The molecule has 1 unspecified atom stereocenters. The molecule has 0 saturated carbocycles. The third-order valence-electron chi connectivity index (χ3n) is 3.08. The fourth-order valence-corrected chi connectivity index (χ4v) is 2.98. The molecule has 2 aromatic rings. The van der Waals surface area contributed by atoms with E-state index in [9.17, 15) is 0 Å². The molecular weight excluding hydrogens is 264 g/mol. The van der Waals surface area contributed by atoms with Gasteiger partial charge in [0, 0.05) is 12.4 Å². The summed E-state index contributed by atoms with van der Waals surface area (Å²) in [6.07, 6.45) is 5.39. The number of nitrogens with zero attached hydrogens (tertiary/aromatic N) is 3. The first kappa shape index (κ1) is 12.6. The maximum absolute atomic E-state index is 5.98. The van der Waals surface area contributed by atoms with Crippen molar-refractivity contribution in [2.75, 3.05) is 18.2 Å². The van der Waals surface area contributed by atoms with Crippen molar-refractivity contribution in [3.05, 3.63) is 18.4 Å². The molecule has 2 N–H and O–H groups in total. The largest absolute Gasteiger partial charge is 0.461 e. The van der Waals surface area contributed by atoms with E-state index in [2.05, 4.69) is 10.2 Å². The molecule has 1 aliphatic heterocycles. The van der Waals surface area contributed by atoms with Crippen molar-refractivity contribution in [2.45, 2.75) is 30.5 Å². The summed E-state index contributed by atoms with van der Waals surface area (Å²) in [6, 6.07) is 3.61. The Kier molecular flexibility index (Phi) is 3.74. The molecule has 19 heavy (non-hydrogen) atoms. The predicted molar refractivity (Wildman–Crippen MR) is 72.2 cm³/mol. The van der Waals surface area contributed by atoms with Crippen molar-refractivity contribution in [1.29, 1.82) is 0 Å². The topological polar surface area (TPSA) is 79.1 Å². The highest BCUT2D eigenvalue weighted by Gasteiger charge is 2.18. The molecule has 3 rings (SSSR count). The van der Waals surface area contributed by atoms with Gasteiger partial charge in [-0.1, -0.05) is 11.8 Å². The van der Waals surface area contributed by atoms with Crippen LogP contribution in [0.1, 0.15) is 19.3 Å². The van der Waals surface area contributed by atoms with E-state index >= 15 is 0 Å². The summed E-state index contributed by atoms with van der Waals surface area (Å²) in [6.45, 7) is 0.859. The third-order valence-corrected chi connectivity index (χ3v) is 4.15. The number of furan rings is 1. The molecule has 3 heterocycles. The van der Waals surface area contributed by atoms with Crippen molar-refractivity contribution in [1.82, 2.24) is 14.9 Å². The van der Waals surface area contributed by atoms with Gasteiger partial charge in [-0.05, 0) is 31.4 Å². The van der Waals surface area contributed by atoms with Gasteiger partial charge in [0.25, 0.3) is 0 Å². The first-order valence-corrected chi connectivity index (χ1v) is 7.32. The van der Waals surface area contributed by atoms with Crippen LogP contribution in [-0.2, 0) is 4.74 Å². The van der Waals surface area contributed by atoms with E-state index in [-0.39, 0.29) is 0 Å². The summed E-state index contributed by atoms with van der Waals surface area (Å²) in [5, 5.41) is 8.83. The molecule has 1 fully saturated rings. The number of hydrogen-bond acceptors (Lipinski definition) is 6. The fourth-order valence-electron chi connectivity index (χ4n) is 2.06. The zero-order valence-electron chi connectivity index (χ0n) is 10.5. The minimum absolute atomic E-state index is 0.294. The number of hydrogen-bond donors (Lipinski definition) is 1. The van der Waals surface area contributed by atoms with Crippen LogP contribution >= 0.6 is 11.8 Å². The van der Waals surface area contributed by atoms with Gasteiger partial charge in [-0.15, -0.1) is 10.2 Å². The van der Waals surface area contributed by atoms with Crippen LogP contribution in [0.2, 0.25) is 0 Å². The monoisotopic (exact) mass is 280 g/mol. The zero-order chi connectivity index (χ0) is 13.1. The Morgan fingerprint density at radius 2 is 2.37 bits per heavy atom. The van der Waals surface area contributed by atoms with Gasteiger partial charge in [0.05, 0.1) is 12.4 Å². The highest BCUT2D eigenvalue weighted by atomic mass is 32.2. The highest BCUT2D eigenvalue weighted by Crippen LogP contribution is 2.24. The summed E-state index contributed by atoms with van der Waals surface area (Å²) in [5.74, 6) is 7.99. The molecule has 102 valence electrons. The number of rotatable bonds is 4. The van der Waals surface area contributed by atoms with Gasteiger partial charge in [-0.3, -0.25) is 0 Å². The lowest BCUT2D eigenvalue weighted by atomic mass is 10.1. The fraction of sp³-hybridized carbons (Fsp3) is 0.500. The number of nitrogen functional groups attached to an aromatic ring is 1. The third kappa shape index (κ3) is 2.76. The van der Waals surface area contributed by atoms with Gasteiger partial charge in [-0.25, -0.2) is 4.68 Å². The summed E-state index contributed by atoms with van der Waals surface area (Å²) in [7, 11) is 0. The van der Waals surface area contributed by atoms with Gasteiger partial charge in [0.15, 0.2) is 5.76 Å². The molecule has 0 aliphatic carbocycles. The molecular formula is C12H16N4O2S. The number of aromatic nitrogens is 3. The van der Waals surface area contributed by atoms with E-state index in [4.69, 9.17) is 15.0 Å². The van der Waals surface area contributed by atoms with Gasteiger partial charge >= 0.3 is 0 Å². The van der Waals surface area contributed by atoms with Crippen LogP contribution in [0.3, 0.4) is 0 Å². The molecule has 2 aromatic heterocycles. The zero-order valence-corrected chi connectivity index (χ0v) is 11.3. The lowest BCUT2D eigenvalue weighted by Gasteiger charge is -2.21. The molecule has 0 amide bonds. The molecule has 1 aliphatic rings. The second-order valence-corrected chi connectivity index (χ2v) is 5.44. The molecule has 0 aromatic carbocycles. The van der Waals surface area contributed by atoms with Crippen molar-refractivity contribution in [2.24, 2.45) is 0 Å². The lowest BCUT2D eigenvalue weighted by molar-refractivity contribution is 0.0315. The van der Waals surface area contributed by atoms with Crippen molar-refractivity contribution >= 4 is 11.8 Å². The minimum Gasteiger partial charge on any atom is -0.461 e. The molecule has 0 spiro atoms. The Hall–Kier alpha value is -1.47. The lowest BCUT2D eigenvalue weighted by Crippen LogP contribution is -2.22. The van der Waals surface area contributed by atoms with Gasteiger partial charge in [0.2, 0.25) is 11.0 Å². The molecule has 1 atom stereocenters. The van der Waals surface area contributed by atoms with Gasteiger partial charge in [0.1, 0.15) is 0 Å². The highest BCUT2D eigenvalue weighted by molar-refractivity contribution is 7.99. The first-order chi connectivity index (χ1) is 9.34. The maximum atomic E-state index is 5.98. The summed E-state index contributed by atoms with van der Waals surface area (Å²) < 4.78 is 12.4. The smallest absolute Gasteiger partial charge is 0.218 e. The van der Waals surface area contributed by atoms with Crippen molar-refractivity contribution < 1.29 is 9.15 Å². The minimum atomic E-state index is 0.294. The number of thioether (sulfide) groups is 1. The Labute approximate surface area is 115 Å². The van der Waals surface area contributed by atoms with E-state index in [0.717, 1.165) is 25.2 Å². The van der Waals surface area contributed by atoms with Crippen LogP contribution in [-0.4, -0.2) is 33.3 Å². The molecule has 0 bridgehead atoms. The quantitative estimate of drug-likeness (QED) is 0.681. The average molecular weight is 280 g/mol. The van der Waals surface area contributed by atoms with Crippen LogP contribution in [0.4, 0.5) is 0 Å². The van der Waals surface area contributed by atoms with Crippen LogP contribution < -0.4 is 5.84 Å². The van der Waals surface area contributed by atoms with Crippen LogP contribution in [0.25, 0.3) is 11.6 Å². The van der Waals surface area contributed by atoms with Crippen LogP contribution in [0, 0.1) is 0 Å². The van der Waals surface area contributed by atoms with E-state index in [1.807, 2.05) is 6.07 Å². The Bertz CT molecular complexity index is 520. The molecule has 6 nitrogen and oxygen atoms in total. The van der Waals surface area contributed by atoms with Crippen molar-refractivity contribution in [3.63, 3.8) is 0 Å². The SMILES string of the molecule is Nn1c(SCC2CCCCO2)nnc1-c1ccco1.